The first-order chi connectivity index (χ1) is 7.76. The van der Waals surface area contributed by atoms with Gasteiger partial charge in [-0.05, 0) is 36.8 Å². The van der Waals surface area contributed by atoms with Crippen LogP contribution in [0.2, 0.25) is 0 Å². The number of thioether (sulfide) groups is 1. The minimum absolute atomic E-state index is 0.396. The first-order valence-corrected chi connectivity index (χ1v) is 7.13. The van der Waals surface area contributed by atoms with Crippen LogP contribution >= 0.6 is 11.8 Å². The number of nitrogens with zero attached hydrogens (tertiary/aromatic N) is 1. The lowest BCUT2D eigenvalue weighted by molar-refractivity contribution is 0.495. The van der Waals surface area contributed by atoms with Gasteiger partial charge in [-0.25, -0.2) is 0 Å². The molecule has 3 heteroatoms. The lowest BCUT2D eigenvalue weighted by Crippen LogP contribution is -2.36. The van der Waals surface area contributed by atoms with Gasteiger partial charge in [-0.3, -0.25) is 4.98 Å². The summed E-state index contributed by atoms with van der Waals surface area (Å²) in [5.41, 5.74) is 1.30. The number of aromatic nitrogens is 1. The highest BCUT2D eigenvalue weighted by atomic mass is 32.2. The molecule has 0 saturated heterocycles. The zero-order valence-corrected chi connectivity index (χ0v) is 11.3. The van der Waals surface area contributed by atoms with Gasteiger partial charge >= 0.3 is 0 Å². The largest absolute Gasteiger partial charge is 0.311 e. The van der Waals surface area contributed by atoms with Gasteiger partial charge in [-0.15, -0.1) is 0 Å². The normalized spacial score (nSPS) is 11.7. The van der Waals surface area contributed by atoms with Crippen LogP contribution in [0.4, 0.5) is 0 Å². The monoisotopic (exact) mass is 238 g/mol. The topological polar surface area (TPSA) is 24.9 Å². The van der Waals surface area contributed by atoms with Gasteiger partial charge < -0.3 is 5.32 Å². The maximum absolute atomic E-state index is 4.02. The predicted octanol–water partition coefficient (Wildman–Crippen LogP) is 3.09. The van der Waals surface area contributed by atoms with Crippen molar-refractivity contribution in [3.8, 4) is 0 Å². The molecule has 2 nitrogen and oxygen atoms in total. The Kier molecular flexibility index (Phi) is 5.85. The van der Waals surface area contributed by atoms with Gasteiger partial charge in [0.1, 0.15) is 0 Å². The van der Waals surface area contributed by atoms with E-state index in [1.165, 1.54) is 18.4 Å². The van der Waals surface area contributed by atoms with Gasteiger partial charge in [0.15, 0.2) is 0 Å². The van der Waals surface area contributed by atoms with E-state index in [1.54, 1.807) is 0 Å². The molecule has 0 amide bonds. The van der Waals surface area contributed by atoms with Crippen LogP contribution in [0.5, 0.6) is 0 Å². The van der Waals surface area contributed by atoms with E-state index in [4.69, 9.17) is 0 Å². The van der Waals surface area contributed by atoms with Crippen LogP contribution in [0.15, 0.2) is 24.5 Å². The number of rotatable bonds is 7. The molecule has 90 valence electrons. The summed E-state index contributed by atoms with van der Waals surface area (Å²) < 4.78 is 0.396. The second-order valence-electron chi connectivity index (χ2n) is 4.05. The molecular weight excluding hydrogens is 216 g/mol. The van der Waals surface area contributed by atoms with Crippen molar-refractivity contribution in [2.75, 3.05) is 12.8 Å². The maximum Gasteiger partial charge on any atom is 0.0276 e. The lowest BCUT2D eigenvalue weighted by atomic mass is 10.0. The highest BCUT2D eigenvalue weighted by molar-refractivity contribution is 8.00. The molecule has 1 heterocycles. The number of pyridine rings is 1. The Hall–Kier alpha value is -0.540. The SMILES string of the molecule is CCC(CC)(CNCc1ccncc1)SC. The molecule has 1 aromatic heterocycles. The van der Waals surface area contributed by atoms with E-state index in [-0.39, 0.29) is 0 Å². The van der Waals surface area contributed by atoms with Crippen molar-refractivity contribution in [3.63, 3.8) is 0 Å². The summed E-state index contributed by atoms with van der Waals surface area (Å²) in [5.74, 6) is 0. The van der Waals surface area contributed by atoms with Gasteiger partial charge in [-0.2, -0.15) is 11.8 Å². The molecule has 0 saturated carbocycles. The van der Waals surface area contributed by atoms with Gasteiger partial charge in [0.05, 0.1) is 0 Å². The Labute approximate surface area is 103 Å². The molecule has 1 rings (SSSR count). The summed E-state index contributed by atoms with van der Waals surface area (Å²) >= 11 is 1.98. The lowest BCUT2D eigenvalue weighted by Gasteiger charge is -2.30. The summed E-state index contributed by atoms with van der Waals surface area (Å²) in [6.07, 6.45) is 8.33. The third-order valence-electron chi connectivity index (χ3n) is 3.25. The molecule has 1 aromatic rings. The Bertz CT molecular complexity index is 275. The molecule has 0 unspecified atom stereocenters. The molecule has 0 atom stereocenters. The van der Waals surface area contributed by atoms with Crippen LogP contribution in [-0.2, 0) is 6.54 Å². The fraction of sp³-hybridized carbons (Fsp3) is 0.615. The third kappa shape index (κ3) is 3.80. The average molecular weight is 238 g/mol. The van der Waals surface area contributed by atoms with Crippen LogP contribution < -0.4 is 5.32 Å². The van der Waals surface area contributed by atoms with Crippen LogP contribution in [0, 0.1) is 0 Å². The fourth-order valence-electron chi connectivity index (χ4n) is 1.80. The van der Waals surface area contributed by atoms with E-state index in [2.05, 4.69) is 42.5 Å². The summed E-state index contributed by atoms with van der Waals surface area (Å²) in [6, 6.07) is 4.12. The Morgan fingerprint density at radius 3 is 2.38 bits per heavy atom. The van der Waals surface area contributed by atoms with Crippen molar-refractivity contribution in [3.05, 3.63) is 30.1 Å². The molecule has 0 fully saturated rings. The Morgan fingerprint density at radius 1 is 1.25 bits per heavy atom. The highest BCUT2D eigenvalue weighted by Crippen LogP contribution is 2.29. The van der Waals surface area contributed by atoms with Crippen molar-refractivity contribution in [1.29, 1.82) is 0 Å². The van der Waals surface area contributed by atoms with Gasteiger partial charge in [0, 0.05) is 30.2 Å². The fourth-order valence-corrected chi connectivity index (χ4v) is 2.62. The molecular formula is C13H22N2S. The average Bonchev–Trinajstić information content (AvgIpc) is 2.37. The molecule has 0 aliphatic carbocycles. The van der Waals surface area contributed by atoms with Crippen molar-refractivity contribution in [2.45, 2.75) is 38.0 Å². The predicted molar refractivity (Wildman–Crippen MR) is 72.8 cm³/mol. The summed E-state index contributed by atoms with van der Waals surface area (Å²) in [5, 5.41) is 3.55. The molecule has 0 aromatic carbocycles. The molecule has 0 spiro atoms. The molecule has 0 radical (unpaired) electrons. The van der Waals surface area contributed by atoms with Gasteiger partial charge in [-0.1, -0.05) is 13.8 Å². The number of hydrogen-bond donors (Lipinski definition) is 1. The summed E-state index contributed by atoms with van der Waals surface area (Å²) in [6.45, 7) is 6.55. The molecule has 1 N–H and O–H groups in total. The summed E-state index contributed by atoms with van der Waals surface area (Å²) in [4.78, 5) is 4.02. The van der Waals surface area contributed by atoms with Gasteiger partial charge in [0.2, 0.25) is 0 Å². The quantitative estimate of drug-likeness (QED) is 0.790. The second-order valence-corrected chi connectivity index (χ2v) is 5.33. The summed E-state index contributed by atoms with van der Waals surface area (Å²) in [7, 11) is 0. The van der Waals surface area contributed by atoms with E-state index in [9.17, 15) is 0 Å². The van der Waals surface area contributed by atoms with Crippen molar-refractivity contribution >= 4 is 11.8 Å². The van der Waals surface area contributed by atoms with Crippen LogP contribution in [-0.4, -0.2) is 22.5 Å². The van der Waals surface area contributed by atoms with Crippen molar-refractivity contribution in [2.24, 2.45) is 0 Å². The van der Waals surface area contributed by atoms with E-state index < -0.39 is 0 Å². The zero-order valence-electron chi connectivity index (χ0n) is 10.5. The van der Waals surface area contributed by atoms with Crippen molar-refractivity contribution < 1.29 is 0 Å². The maximum atomic E-state index is 4.02. The van der Waals surface area contributed by atoms with E-state index >= 15 is 0 Å². The number of nitrogens with one attached hydrogen (secondary N) is 1. The first-order valence-electron chi connectivity index (χ1n) is 5.91. The standard InChI is InChI=1S/C13H22N2S/c1-4-13(5-2,16-3)11-15-10-12-6-8-14-9-7-12/h6-9,15H,4-5,10-11H2,1-3H3. The molecule has 0 bridgehead atoms. The third-order valence-corrected chi connectivity index (χ3v) is 4.84. The van der Waals surface area contributed by atoms with Gasteiger partial charge in [0.25, 0.3) is 0 Å². The van der Waals surface area contributed by atoms with Crippen LogP contribution in [0.3, 0.4) is 0 Å². The number of hydrogen-bond acceptors (Lipinski definition) is 3. The van der Waals surface area contributed by atoms with Crippen molar-refractivity contribution in [1.82, 2.24) is 10.3 Å². The smallest absolute Gasteiger partial charge is 0.0276 e. The molecule has 0 aliphatic rings. The molecule has 0 aliphatic heterocycles. The van der Waals surface area contributed by atoms with Crippen LogP contribution in [0.25, 0.3) is 0 Å². The van der Waals surface area contributed by atoms with E-state index in [0.29, 0.717) is 4.75 Å². The minimum atomic E-state index is 0.396. The Morgan fingerprint density at radius 2 is 1.88 bits per heavy atom. The molecule has 16 heavy (non-hydrogen) atoms. The Balaban J connectivity index is 2.39. The minimum Gasteiger partial charge on any atom is -0.311 e. The second kappa shape index (κ2) is 6.92. The first kappa shape index (κ1) is 13.5. The van der Waals surface area contributed by atoms with Crippen LogP contribution in [0.1, 0.15) is 32.3 Å². The zero-order chi connectivity index (χ0) is 11.9. The van der Waals surface area contributed by atoms with E-state index in [0.717, 1.165) is 13.1 Å². The van der Waals surface area contributed by atoms with E-state index in [1.807, 2.05) is 24.2 Å². The highest BCUT2D eigenvalue weighted by Gasteiger charge is 2.23.